The number of nitrogens with two attached hydrogens (primary N) is 2. The van der Waals surface area contributed by atoms with E-state index in [-0.39, 0.29) is 56.1 Å². The zero-order valence-electron chi connectivity index (χ0n) is 41.9. The fourth-order valence-corrected chi connectivity index (χ4v) is 8.45. The van der Waals surface area contributed by atoms with Crippen molar-refractivity contribution in [2.45, 2.75) is 101 Å². The monoisotopic (exact) mass is 1090 g/mol. The number of amides is 11. The van der Waals surface area contributed by atoms with Crippen molar-refractivity contribution in [2.24, 2.45) is 11.5 Å². The molecule has 408 valence electrons. The van der Waals surface area contributed by atoms with Gasteiger partial charge in [0.05, 0.1) is 6.33 Å². The quantitative estimate of drug-likeness (QED) is 0.00905. The minimum absolute atomic E-state index is 0.0701. The molecule has 1 saturated heterocycles. The number of thiol groups is 2. The number of hydrogen-bond donors (Lipinski definition) is 16. The molecule has 7 atom stereocenters. The number of carbonyl (C=O) groups excluding carboxylic acids is 10. The Morgan fingerprint density at radius 1 is 0.697 bits per heavy atom. The number of primary amides is 1. The maximum absolute atomic E-state index is 14.6. The normalized spacial score (nSPS) is 15.6. The molecule has 0 aliphatic carbocycles. The number of urea groups is 1. The first-order chi connectivity index (χ1) is 36.1. The number of imide groups is 1. The van der Waals surface area contributed by atoms with Gasteiger partial charge in [-0.2, -0.15) is 25.3 Å². The van der Waals surface area contributed by atoms with Crippen LogP contribution in [0.2, 0.25) is 0 Å². The molecule has 1 aliphatic rings. The highest BCUT2D eigenvalue weighted by Gasteiger charge is 2.45. The predicted molar refractivity (Wildman–Crippen MR) is 284 cm³/mol. The number of fused-ring (bicyclic) bond motifs is 1. The van der Waals surface area contributed by atoms with Gasteiger partial charge in [0.2, 0.25) is 47.3 Å². The Hall–Kier alpha value is -8.14. The zero-order chi connectivity index (χ0) is 55.7. The molecule has 0 bridgehead atoms. The van der Waals surface area contributed by atoms with Gasteiger partial charge in [0.25, 0.3) is 5.91 Å². The fraction of sp³-hybridized carbons (Fsp3) is 0.417. The lowest BCUT2D eigenvalue weighted by Gasteiger charge is -2.27. The third-order valence-corrected chi connectivity index (χ3v) is 12.8. The summed E-state index contributed by atoms with van der Waals surface area (Å²) in [4.78, 5) is 145. The summed E-state index contributed by atoms with van der Waals surface area (Å²) in [5.41, 5.74) is 12.2. The second-order valence-corrected chi connectivity index (χ2v) is 19.1. The first-order valence-corrected chi connectivity index (χ1v) is 25.3. The summed E-state index contributed by atoms with van der Waals surface area (Å²) in [6.07, 6.45) is 4.16. The molecule has 0 saturated carbocycles. The van der Waals surface area contributed by atoms with Crippen molar-refractivity contribution in [3.05, 3.63) is 90.1 Å². The number of aromatic nitrogens is 3. The third-order valence-electron chi connectivity index (χ3n) is 12.1. The molecule has 16 N–H and O–H groups in total. The summed E-state index contributed by atoms with van der Waals surface area (Å²) in [5, 5.41) is 31.6. The van der Waals surface area contributed by atoms with Crippen LogP contribution in [-0.2, 0) is 62.4 Å². The second-order valence-electron chi connectivity index (χ2n) is 18.4. The van der Waals surface area contributed by atoms with Crippen LogP contribution < -0.4 is 59.3 Å². The molecule has 0 radical (unpaired) electrons. The summed E-state index contributed by atoms with van der Waals surface area (Å²) in [6.45, 7) is 3.67. The van der Waals surface area contributed by atoms with Crippen LogP contribution in [0.3, 0.4) is 0 Å². The molecule has 0 spiro atoms. The Morgan fingerprint density at radius 2 is 1.26 bits per heavy atom. The number of para-hydroxylation sites is 1. The highest BCUT2D eigenvalue weighted by atomic mass is 32.1. The topological polar surface area (TPSA) is 403 Å². The first-order valence-electron chi connectivity index (χ1n) is 24.0. The summed E-state index contributed by atoms with van der Waals surface area (Å²) in [6, 6.07) is 5.69. The molecule has 3 heterocycles. The molecule has 1 fully saturated rings. The van der Waals surface area contributed by atoms with Gasteiger partial charge in [0.1, 0.15) is 54.4 Å². The van der Waals surface area contributed by atoms with Gasteiger partial charge in [0, 0.05) is 66.3 Å². The molecule has 0 unspecified atom stereocenters. The van der Waals surface area contributed by atoms with E-state index in [4.69, 9.17) is 16.9 Å². The van der Waals surface area contributed by atoms with Gasteiger partial charge in [-0.25, -0.2) is 9.78 Å². The molecular weight excluding hydrogens is 1020 g/mol. The van der Waals surface area contributed by atoms with Crippen molar-refractivity contribution >= 4 is 101 Å². The standard InChI is InChI=1S/C48H64N16O10S2/c1-25(56-44(72)36(23-76)57-37(65)21-64-45(73)48(2,3)63-47(64)74)39(67)59-34(18-28-20-52-24-55-28)43(71)60-32(16-26-10-5-4-6-11-26)41(69)58-31(14-9-15-53-46(50)51)40(68)61-33(42(70)62-35(22-75)38(49)66)17-27-19-54-30-13-8-7-12-29(27)30/h4-8,10-13,19-20,24-25,31-36,54,75-76H,9,14-18,21-23H2,1-3H3,(H2,49,66)(H,52,55)(H,56,72)(H,57,65)(H,58,69)(H,59,67)(H,60,71)(H,61,68)(H,62,70)(H,63,74)(H4,50,51,53)/t25-,31+,32-,33+,34+,35+,36+/m1/s1. The number of rotatable bonds is 28. The van der Waals surface area contributed by atoms with Crippen LogP contribution in [0, 0.1) is 5.41 Å². The Balaban J connectivity index is 1.35. The van der Waals surface area contributed by atoms with Gasteiger partial charge in [-0.3, -0.25) is 53.5 Å². The van der Waals surface area contributed by atoms with Crippen LogP contribution >= 0.6 is 25.3 Å². The van der Waals surface area contributed by atoms with Crippen LogP contribution in [0.4, 0.5) is 4.79 Å². The van der Waals surface area contributed by atoms with E-state index in [2.05, 4.69) is 88.1 Å². The highest BCUT2D eigenvalue weighted by molar-refractivity contribution is 7.80. The van der Waals surface area contributed by atoms with Crippen molar-refractivity contribution in [3.63, 3.8) is 0 Å². The second kappa shape index (κ2) is 27.4. The Kier molecular flexibility index (Phi) is 21.2. The maximum atomic E-state index is 14.6. The molecular formula is C48H64N16O10S2. The van der Waals surface area contributed by atoms with Crippen LogP contribution in [0.1, 0.15) is 50.4 Å². The summed E-state index contributed by atoms with van der Waals surface area (Å²) in [5.74, 6) is -8.10. The number of H-pyrrole nitrogens is 2. The molecule has 11 amide bonds. The van der Waals surface area contributed by atoms with Crippen molar-refractivity contribution in [1.82, 2.24) is 67.7 Å². The van der Waals surface area contributed by atoms with Crippen molar-refractivity contribution in [2.75, 3.05) is 24.6 Å². The van der Waals surface area contributed by atoms with E-state index in [1.807, 2.05) is 18.2 Å². The number of hydrogen-bond acceptors (Lipinski definition) is 14. The van der Waals surface area contributed by atoms with Gasteiger partial charge in [-0.05, 0) is 50.8 Å². The number of nitrogens with one attached hydrogen (secondary N) is 12. The lowest BCUT2D eigenvalue weighted by Crippen LogP contribution is -2.60. The van der Waals surface area contributed by atoms with Gasteiger partial charge in [-0.1, -0.05) is 48.5 Å². The van der Waals surface area contributed by atoms with E-state index in [9.17, 15) is 47.9 Å². The van der Waals surface area contributed by atoms with Gasteiger partial charge < -0.3 is 69.3 Å². The van der Waals surface area contributed by atoms with Crippen LogP contribution in [0.5, 0.6) is 0 Å². The Morgan fingerprint density at radius 3 is 1.86 bits per heavy atom. The SMILES string of the molecule is C[C@@H](NC(=O)[C@H](CS)NC(=O)CN1C(=O)NC(C)(C)C1=O)C(=O)N[C@@H](Cc1cnc[nH]1)C(=O)N[C@H](Cc1ccccc1)C(=O)N[C@@H](CCCNC(=N)N)C(=O)N[C@@H](Cc1c[nH]c2ccccc12)C(=O)N[C@@H](CS)C(N)=O. The number of carbonyl (C=O) groups is 10. The molecule has 2 aromatic heterocycles. The van der Waals surface area contributed by atoms with Crippen molar-refractivity contribution < 1.29 is 47.9 Å². The smallest absolute Gasteiger partial charge is 0.325 e. The third kappa shape index (κ3) is 16.7. The predicted octanol–water partition coefficient (Wildman–Crippen LogP) is -2.73. The van der Waals surface area contributed by atoms with Gasteiger partial charge in [0.15, 0.2) is 5.96 Å². The molecule has 26 nitrogen and oxygen atoms in total. The zero-order valence-corrected chi connectivity index (χ0v) is 43.6. The number of guanidine groups is 1. The molecule has 4 aromatic rings. The maximum Gasteiger partial charge on any atom is 0.325 e. The van der Waals surface area contributed by atoms with Crippen LogP contribution in [0.15, 0.2) is 73.3 Å². The van der Waals surface area contributed by atoms with E-state index >= 15 is 0 Å². The lowest BCUT2D eigenvalue weighted by atomic mass is 10.0. The van der Waals surface area contributed by atoms with Gasteiger partial charge in [-0.15, -0.1) is 0 Å². The van der Waals surface area contributed by atoms with E-state index in [1.54, 1.807) is 42.6 Å². The summed E-state index contributed by atoms with van der Waals surface area (Å²) >= 11 is 8.30. The van der Waals surface area contributed by atoms with E-state index in [0.29, 0.717) is 21.7 Å². The van der Waals surface area contributed by atoms with E-state index < -0.39 is 114 Å². The fourth-order valence-electron chi connectivity index (χ4n) is 7.92. The first kappa shape index (κ1) is 58.7. The van der Waals surface area contributed by atoms with Gasteiger partial charge >= 0.3 is 6.03 Å². The van der Waals surface area contributed by atoms with Crippen LogP contribution in [-0.4, -0.2) is 157 Å². The number of aromatic amines is 2. The highest BCUT2D eigenvalue weighted by Crippen LogP contribution is 2.20. The van der Waals surface area contributed by atoms with E-state index in [0.717, 1.165) is 10.9 Å². The van der Waals surface area contributed by atoms with Crippen LogP contribution in [0.25, 0.3) is 10.9 Å². The minimum Gasteiger partial charge on any atom is -0.370 e. The number of benzene rings is 2. The molecule has 5 rings (SSSR count). The summed E-state index contributed by atoms with van der Waals surface area (Å²) < 4.78 is 0. The number of nitrogens with zero attached hydrogens (tertiary/aromatic N) is 2. The minimum atomic E-state index is -1.42. The average Bonchev–Trinajstić information content (AvgIpc) is 4.10. The average molecular weight is 1090 g/mol. The Bertz CT molecular complexity index is 2760. The molecule has 2 aromatic carbocycles. The van der Waals surface area contributed by atoms with Crippen molar-refractivity contribution in [1.29, 1.82) is 5.41 Å². The lowest BCUT2D eigenvalue weighted by molar-refractivity contribution is -0.136. The summed E-state index contributed by atoms with van der Waals surface area (Å²) in [7, 11) is 0. The molecule has 76 heavy (non-hydrogen) atoms. The largest absolute Gasteiger partial charge is 0.370 e. The van der Waals surface area contributed by atoms with E-state index in [1.165, 1.54) is 33.3 Å². The molecule has 1 aliphatic heterocycles. The molecule has 28 heteroatoms. The Labute approximate surface area is 447 Å². The number of imidazole rings is 1. The van der Waals surface area contributed by atoms with Crippen molar-refractivity contribution in [3.8, 4) is 0 Å².